The number of carbonyl (C=O) groups excluding carboxylic acids is 1. The first-order chi connectivity index (χ1) is 12.6. The fraction of sp³-hybridized carbons (Fsp3) is 0.421. The molecule has 0 bridgehead atoms. The number of hydrogen-bond acceptors (Lipinski definition) is 5. The molecule has 1 aliphatic rings. The van der Waals surface area contributed by atoms with Gasteiger partial charge >= 0.3 is 0 Å². The third-order valence-electron chi connectivity index (χ3n) is 4.24. The van der Waals surface area contributed by atoms with Gasteiger partial charge in [-0.05, 0) is 32.4 Å². The van der Waals surface area contributed by atoms with Gasteiger partial charge in [-0.25, -0.2) is 9.67 Å². The van der Waals surface area contributed by atoms with Crippen molar-refractivity contribution >= 4 is 5.91 Å². The molecule has 0 aliphatic carbocycles. The molecule has 26 heavy (non-hydrogen) atoms. The largest absolute Gasteiger partial charge is 0.379 e. The Kier molecular flexibility index (Phi) is 6.14. The zero-order valence-corrected chi connectivity index (χ0v) is 15.1. The monoisotopic (exact) mass is 356 g/mol. The molecular formula is C19H24N4O3. The molecule has 2 atom stereocenters. The van der Waals surface area contributed by atoms with Crippen LogP contribution in [0.1, 0.15) is 30.6 Å². The van der Waals surface area contributed by atoms with E-state index in [0.29, 0.717) is 31.1 Å². The van der Waals surface area contributed by atoms with Gasteiger partial charge in [0, 0.05) is 6.61 Å². The summed E-state index contributed by atoms with van der Waals surface area (Å²) < 4.78 is 13.0. The average molecular weight is 356 g/mol. The predicted octanol–water partition coefficient (Wildman–Crippen LogP) is 2.14. The minimum Gasteiger partial charge on any atom is -0.379 e. The number of carbonyl (C=O) groups is 1. The van der Waals surface area contributed by atoms with Gasteiger partial charge in [0.05, 0.1) is 30.5 Å². The van der Waals surface area contributed by atoms with Crippen molar-refractivity contribution in [2.75, 3.05) is 19.8 Å². The van der Waals surface area contributed by atoms with Crippen LogP contribution < -0.4 is 5.32 Å². The summed E-state index contributed by atoms with van der Waals surface area (Å²) in [5.74, 6) is -0.154. The lowest BCUT2D eigenvalue weighted by atomic mass is 10.0. The first kappa shape index (κ1) is 18.3. The molecule has 2 heterocycles. The van der Waals surface area contributed by atoms with Crippen LogP contribution in [0.2, 0.25) is 0 Å². The van der Waals surface area contributed by atoms with Crippen LogP contribution in [0.3, 0.4) is 0 Å². The molecule has 138 valence electrons. The smallest absolute Gasteiger partial charge is 0.253 e. The van der Waals surface area contributed by atoms with E-state index in [-0.39, 0.29) is 18.1 Å². The minimum absolute atomic E-state index is 0.0920. The molecule has 1 aliphatic heterocycles. The highest BCUT2D eigenvalue weighted by Gasteiger charge is 2.28. The molecule has 0 radical (unpaired) electrons. The summed E-state index contributed by atoms with van der Waals surface area (Å²) in [6.07, 6.45) is 5.60. The maximum atomic E-state index is 12.9. The Morgan fingerprint density at radius 1 is 1.42 bits per heavy atom. The number of para-hydroxylation sites is 1. The SMILES string of the molecule is CC(C)=CCOC1COCCC1NC(=O)c1ccccc1-n1cncn1. The van der Waals surface area contributed by atoms with Gasteiger partial charge in [0.25, 0.3) is 5.91 Å². The van der Waals surface area contributed by atoms with E-state index in [1.54, 1.807) is 17.1 Å². The average Bonchev–Trinajstić information content (AvgIpc) is 3.17. The van der Waals surface area contributed by atoms with Crippen molar-refractivity contribution in [3.63, 3.8) is 0 Å². The van der Waals surface area contributed by atoms with Gasteiger partial charge in [-0.2, -0.15) is 5.10 Å². The fourth-order valence-electron chi connectivity index (χ4n) is 2.82. The number of rotatable bonds is 6. The third-order valence-corrected chi connectivity index (χ3v) is 4.24. The van der Waals surface area contributed by atoms with Crippen LogP contribution in [0.25, 0.3) is 5.69 Å². The summed E-state index contributed by atoms with van der Waals surface area (Å²) in [7, 11) is 0. The Balaban J connectivity index is 1.71. The molecule has 7 nitrogen and oxygen atoms in total. The van der Waals surface area contributed by atoms with Crippen LogP contribution in [0.4, 0.5) is 0 Å². The molecule has 1 saturated heterocycles. The summed E-state index contributed by atoms with van der Waals surface area (Å²) in [6, 6.07) is 7.24. The van der Waals surface area contributed by atoms with Crippen LogP contribution in [-0.4, -0.2) is 52.6 Å². The fourth-order valence-corrected chi connectivity index (χ4v) is 2.82. The third kappa shape index (κ3) is 4.56. The highest BCUT2D eigenvalue weighted by Crippen LogP contribution is 2.16. The number of nitrogens with one attached hydrogen (secondary N) is 1. The number of hydrogen-bond donors (Lipinski definition) is 1. The summed E-state index contributed by atoms with van der Waals surface area (Å²) in [5.41, 5.74) is 2.44. The normalized spacial score (nSPS) is 19.8. The highest BCUT2D eigenvalue weighted by atomic mass is 16.5. The summed E-state index contributed by atoms with van der Waals surface area (Å²) in [6.45, 7) is 5.66. The Morgan fingerprint density at radius 2 is 2.27 bits per heavy atom. The van der Waals surface area contributed by atoms with Gasteiger partial charge in [-0.1, -0.05) is 23.8 Å². The van der Waals surface area contributed by atoms with Crippen molar-refractivity contribution in [3.8, 4) is 5.69 Å². The minimum atomic E-state index is -0.165. The molecule has 3 rings (SSSR count). The second kappa shape index (κ2) is 8.73. The molecule has 1 aromatic carbocycles. The molecule has 1 amide bonds. The van der Waals surface area contributed by atoms with Crippen LogP contribution in [0.5, 0.6) is 0 Å². The van der Waals surface area contributed by atoms with Crippen molar-refractivity contribution in [3.05, 3.63) is 54.1 Å². The quantitative estimate of drug-likeness (QED) is 0.803. The number of amides is 1. The molecule has 2 unspecified atom stereocenters. The van der Waals surface area contributed by atoms with Crippen molar-refractivity contribution in [1.29, 1.82) is 0 Å². The maximum absolute atomic E-state index is 12.9. The molecule has 0 spiro atoms. The lowest BCUT2D eigenvalue weighted by Gasteiger charge is -2.32. The first-order valence-electron chi connectivity index (χ1n) is 8.73. The van der Waals surface area contributed by atoms with Gasteiger partial charge in [0.15, 0.2) is 0 Å². The number of ether oxygens (including phenoxy) is 2. The molecule has 2 aromatic rings. The van der Waals surface area contributed by atoms with Crippen LogP contribution in [0.15, 0.2) is 48.6 Å². The lowest BCUT2D eigenvalue weighted by Crippen LogP contribution is -2.50. The molecular weight excluding hydrogens is 332 g/mol. The highest BCUT2D eigenvalue weighted by molar-refractivity contribution is 5.97. The van der Waals surface area contributed by atoms with E-state index in [2.05, 4.69) is 15.4 Å². The van der Waals surface area contributed by atoms with Gasteiger partial charge < -0.3 is 14.8 Å². The predicted molar refractivity (Wildman–Crippen MR) is 97.2 cm³/mol. The van der Waals surface area contributed by atoms with E-state index in [1.165, 1.54) is 11.9 Å². The van der Waals surface area contributed by atoms with E-state index in [1.807, 2.05) is 38.1 Å². The molecule has 1 fully saturated rings. The summed E-state index contributed by atoms with van der Waals surface area (Å²) >= 11 is 0. The van der Waals surface area contributed by atoms with Gasteiger partial charge in [0.1, 0.15) is 18.8 Å². The number of aromatic nitrogens is 3. The van der Waals surface area contributed by atoms with E-state index < -0.39 is 0 Å². The van der Waals surface area contributed by atoms with Crippen LogP contribution >= 0.6 is 0 Å². The van der Waals surface area contributed by atoms with Gasteiger partial charge in [-0.3, -0.25) is 4.79 Å². The summed E-state index contributed by atoms with van der Waals surface area (Å²) in [4.78, 5) is 16.8. The number of benzene rings is 1. The Hall–Kier alpha value is -2.51. The van der Waals surface area contributed by atoms with Crippen LogP contribution in [-0.2, 0) is 9.47 Å². The topological polar surface area (TPSA) is 78.3 Å². The van der Waals surface area contributed by atoms with Crippen molar-refractivity contribution < 1.29 is 14.3 Å². The Bertz CT molecular complexity index is 754. The van der Waals surface area contributed by atoms with E-state index >= 15 is 0 Å². The zero-order valence-electron chi connectivity index (χ0n) is 15.1. The summed E-state index contributed by atoms with van der Waals surface area (Å²) in [5, 5.41) is 7.22. The van der Waals surface area contributed by atoms with Crippen molar-refractivity contribution in [2.24, 2.45) is 0 Å². The second-order valence-corrected chi connectivity index (χ2v) is 6.45. The van der Waals surface area contributed by atoms with Crippen molar-refractivity contribution in [1.82, 2.24) is 20.1 Å². The van der Waals surface area contributed by atoms with E-state index in [4.69, 9.17) is 9.47 Å². The standard InChI is InChI=1S/C19H24N4O3/c1-14(2)7-10-26-18-11-25-9-8-16(18)22-19(24)15-5-3-4-6-17(15)23-13-20-12-21-23/h3-7,12-13,16,18H,8-11H2,1-2H3,(H,22,24). The molecule has 1 N–H and O–H groups in total. The first-order valence-corrected chi connectivity index (χ1v) is 8.73. The van der Waals surface area contributed by atoms with E-state index in [9.17, 15) is 4.79 Å². The lowest BCUT2D eigenvalue weighted by molar-refractivity contribution is -0.0589. The van der Waals surface area contributed by atoms with Crippen LogP contribution in [0, 0.1) is 0 Å². The molecule has 0 saturated carbocycles. The van der Waals surface area contributed by atoms with Gasteiger partial charge in [0.2, 0.25) is 0 Å². The Morgan fingerprint density at radius 3 is 3.04 bits per heavy atom. The zero-order chi connectivity index (χ0) is 18.4. The number of allylic oxidation sites excluding steroid dienone is 1. The second-order valence-electron chi connectivity index (χ2n) is 6.45. The van der Waals surface area contributed by atoms with Gasteiger partial charge in [-0.15, -0.1) is 0 Å². The maximum Gasteiger partial charge on any atom is 0.253 e. The van der Waals surface area contributed by atoms with Crippen molar-refractivity contribution in [2.45, 2.75) is 32.4 Å². The Labute approximate surface area is 153 Å². The molecule has 7 heteroatoms. The molecule has 1 aromatic heterocycles. The van der Waals surface area contributed by atoms with E-state index in [0.717, 1.165) is 6.42 Å². The number of nitrogens with zero attached hydrogens (tertiary/aromatic N) is 3.